The van der Waals surface area contributed by atoms with Crippen LogP contribution in [0.15, 0.2) is 0 Å². The van der Waals surface area contributed by atoms with Crippen molar-refractivity contribution in [2.45, 2.75) is 38.6 Å². The molecule has 0 saturated heterocycles. The Morgan fingerprint density at radius 1 is 1.50 bits per heavy atom. The van der Waals surface area contributed by atoms with Crippen molar-refractivity contribution in [1.82, 2.24) is 9.03 Å². The van der Waals surface area contributed by atoms with Gasteiger partial charge in [-0.1, -0.05) is 6.42 Å². The molecule has 0 aromatic heterocycles. The minimum atomic E-state index is -3.51. The Kier molecular flexibility index (Phi) is 5.55. The van der Waals surface area contributed by atoms with Crippen molar-refractivity contribution in [3.05, 3.63) is 0 Å². The van der Waals surface area contributed by atoms with Crippen LogP contribution in [0, 0.1) is 5.92 Å². The summed E-state index contributed by atoms with van der Waals surface area (Å²) in [6.45, 7) is 2.01. The first-order valence-corrected chi connectivity index (χ1v) is 7.61. The van der Waals surface area contributed by atoms with Gasteiger partial charge in [-0.25, -0.2) is 0 Å². The Labute approximate surface area is 109 Å². The molecule has 0 heterocycles. The standard InChI is InChI=1S/C11H22N2O4S/c1-9(10-5-4-6-10)12-18(15,16)13(2)8-7-11(14)17-3/h9-10,12H,4-8H2,1-3H3. The molecule has 1 fully saturated rings. The second-order valence-electron chi connectivity index (χ2n) is 4.75. The topological polar surface area (TPSA) is 75.7 Å². The predicted octanol–water partition coefficient (Wildman–Crippen LogP) is 0.504. The van der Waals surface area contributed by atoms with Crippen molar-refractivity contribution in [2.75, 3.05) is 20.7 Å². The number of hydrogen-bond acceptors (Lipinski definition) is 4. The van der Waals surface area contributed by atoms with Gasteiger partial charge >= 0.3 is 5.97 Å². The van der Waals surface area contributed by atoms with Gasteiger partial charge < -0.3 is 4.74 Å². The summed E-state index contributed by atoms with van der Waals surface area (Å²) in [4.78, 5) is 11.0. The summed E-state index contributed by atoms with van der Waals surface area (Å²) in [5, 5.41) is 0. The van der Waals surface area contributed by atoms with Crippen LogP contribution in [0.3, 0.4) is 0 Å². The summed E-state index contributed by atoms with van der Waals surface area (Å²) in [5.74, 6) is 0.0258. The molecule has 106 valence electrons. The molecule has 1 aliphatic rings. The van der Waals surface area contributed by atoms with Crippen LogP contribution in [-0.4, -0.2) is 45.4 Å². The minimum absolute atomic E-state index is 0.0515. The highest BCUT2D eigenvalue weighted by molar-refractivity contribution is 7.87. The van der Waals surface area contributed by atoms with E-state index in [4.69, 9.17) is 0 Å². The molecular formula is C11H22N2O4S. The van der Waals surface area contributed by atoms with Crippen LogP contribution in [0.1, 0.15) is 32.6 Å². The number of hydrogen-bond donors (Lipinski definition) is 1. The molecule has 7 heteroatoms. The summed E-state index contributed by atoms with van der Waals surface area (Å²) in [5.41, 5.74) is 0. The Balaban J connectivity index is 2.43. The molecule has 1 unspecified atom stereocenters. The number of rotatable bonds is 7. The van der Waals surface area contributed by atoms with Crippen molar-refractivity contribution >= 4 is 16.2 Å². The lowest BCUT2D eigenvalue weighted by Gasteiger charge is -2.32. The molecule has 6 nitrogen and oxygen atoms in total. The van der Waals surface area contributed by atoms with Gasteiger partial charge in [-0.05, 0) is 25.7 Å². The maximum atomic E-state index is 11.9. The number of ether oxygens (including phenoxy) is 1. The second-order valence-corrected chi connectivity index (χ2v) is 6.56. The van der Waals surface area contributed by atoms with Gasteiger partial charge in [0.15, 0.2) is 0 Å². The van der Waals surface area contributed by atoms with Crippen molar-refractivity contribution in [2.24, 2.45) is 5.92 Å². The summed E-state index contributed by atoms with van der Waals surface area (Å²) >= 11 is 0. The highest BCUT2D eigenvalue weighted by Crippen LogP contribution is 2.29. The number of methoxy groups -OCH3 is 1. The van der Waals surface area contributed by atoms with Crippen molar-refractivity contribution < 1.29 is 17.9 Å². The number of nitrogens with zero attached hydrogens (tertiary/aromatic N) is 1. The third-order valence-electron chi connectivity index (χ3n) is 3.46. The van der Waals surface area contributed by atoms with Gasteiger partial charge in [0.05, 0.1) is 13.5 Å². The third kappa shape index (κ3) is 4.22. The average molecular weight is 278 g/mol. The SMILES string of the molecule is COC(=O)CCN(C)S(=O)(=O)NC(C)C1CCC1. The molecule has 18 heavy (non-hydrogen) atoms. The Morgan fingerprint density at radius 3 is 2.56 bits per heavy atom. The first-order chi connectivity index (χ1) is 8.36. The molecule has 0 aliphatic heterocycles. The largest absolute Gasteiger partial charge is 0.469 e. The van der Waals surface area contributed by atoms with Gasteiger partial charge in [0.1, 0.15) is 0 Å². The van der Waals surface area contributed by atoms with Crippen molar-refractivity contribution in [3.8, 4) is 0 Å². The Bertz CT molecular complexity index is 379. The highest BCUT2D eigenvalue weighted by atomic mass is 32.2. The molecule has 0 bridgehead atoms. The van der Waals surface area contributed by atoms with Crippen LogP contribution in [-0.2, 0) is 19.7 Å². The molecule has 0 aromatic carbocycles. The smallest absolute Gasteiger partial charge is 0.306 e. The van der Waals surface area contributed by atoms with Gasteiger partial charge in [0.25, 0.3) is 10.2 Å². The van der Waals surface area contributed by atoms with E-state index in [1.165, 1.54) is 20.6 Å². The first-order valence-electron chi connectivity index (χ1n) is 6.17. The van der Waals surface area contributed by atoms with Crippen LogP contribution in [0.2, 0.25) is 0 Å². The molecule has 1 rings (SSSR count). The van der Waals surface area contributed by atoms with Crippen LogP contribution in [0.4, 0.5) is 0 Å². The van der Waals surface area contributed by atoms with E-state index in [0.29, 0.717) is 5.92 Å². The molecular weight excluding hydrogens is 256 g/mol. The second kappa shape index (κ2) is 6.49. The molecule has 0 aromatic rings. The molecule has 0 amide bonds. The van der Waals surface area contributed by atoms with Gasteiger partial charge in [-0.3, -0.25) is 4.79 Å². The number of nitrogens with one attached hydrogen (secondary N) is 1. The van der Waals surface area contributed by atoms with E-state index in [9.17, 15) is 13.2 Å². The fraction of sp³-hybridized carbons (Fsp3) is 0.909. The summed E-state index contributed by atoms with van der Waals surface area (Å²) < 4.78 is 32.2. The van der Waals surface area contributed by atoms with Crippen molar-refractivity contribution in [3.63, 3.8) is 0 Å². The fourth-order valence-electron chi connectivity index (χ4n) is 1.83. The van der Waals surface area contributed by atoms with Crippen LogP contribution < -0.4 is 4.72 Å². The maximum Gasteiger partial charge on any atom is 0.306 e. The summed E-state index contributed by atoms with van der Waals surface area (Å²) in [7, 11) is -0.766. The van der Waals surface area contributed by atoms with Gasteiger partial charge in [-0.15, -0.1) is 0 Å². The molecule has 0 radical (unpaired) electrons. The first kappa shape index (κ1) is 15.4. The quantitative estimate of drug-likeness (QED) is 0.688. The van der Waals surface area contributed by atoms with Gasteiger partial charge in [0.2, 0.25) is 0 Å². The molecule has 1 N–H and O–H groups in total. The van der Waals surface area contributed by atoms with E-state index in [1.54, 1.807) is 0 Å². The summed E-state index contributed by atoms with van der Waals surface area (Å²) in [6, 6.07) is -0.0515. The van der Waals surface area contributed by atoms with Gasteiger partial charge in [0, 0.05) is 19.6 Å². The lowest BCUT2D eigenvalue weighted by atomic mass is 9.81. The zero-order valence-electron chi connectivity index (χ0n) is 11.2. The summed E-state index contributed by atoms with van der Waals surface area (Å²) in [6.07, 6.45) is 3.39. The highest BCUT2D eigenvalue weighted by Gasteiger charge is 2.28. The van der Waals surface area contributed by atoms with Crippen molar-refractivity contribution in [1.29, 1.82) is 0 Å². The van der Waals surface area contributed by atoms with Gasteiger partial charge in [-0.2, -0.15) is 17.4 Å². The Morgan fingerprint density at radius 2 is 2.11 bits per heavy atom. The third-order valence-corrected chi connectivity index (χ3v) is 5.13. The molecule has 1 aliphatic carbocycles. The molecule has 1 saturated carbocycles. The van der Waals surface area contributed by atoms with E-state index >= 15 is 0 Å². The number of esters is 1. The van der Waals surface area contributed by atoms with E-state index in [1.807, 2.05) is 6.92 Å². The number of carbonyl (C=O) groups is 1. The fourth-order valence-corrected chi connectivity index (χ4v) is 3.01. The van der Waals surface area contributed by atoms with Crippen LogP contribution in [0.25, 0.3) is 0 Å². The lowest BCUT2D eigenvalue weighted by Crippen LogP contribution is -2.47. The molecule has 0 spiro atoms. The zero-order chi connectivity index (χ0) is 13.8. The monoisotopic (exact) mass is 278 g/mol. The Hall–Kier alpha value is -0.660. The van der Waals surface area contributed by atoms with Crippen LogP contribution in [0.5, 0.6) is 0 Å². The normalized spacial score (nSPS) is 18.4. The average Bonchev–Trinajstić information content (AvgIpc) is 2.21. The van der Waals surface area contributed by atoms with E-state index < -0.39 is 16.2 Å². The minimum Gasteiger partial charge on any atom is -0.469 e. The number of carbonyl (C=O) groups excluding carboxylic acids is 1. The van der Waals surface area contributed by atoms with E-state index in [0.717, 1.165) is 17.1 Å². The molecule has 1 atom stereocenters. The zero-order valence-corrected chi connectivity index (χ0v) is 12.0. The van der Waals surface area contributed by atoms with E-state index in [2.05, 4.69) is 9.46 Å². The predicted molar refractivity (Wildman–Crippen MR) is 68.1 cm³/mol. The van der Waals surface area contributed by atoms with Crippen LogP contribution >= 0.6 is 0 Å². The van der Waals surface area contributed by atoms with E-state index in [-0.39, 0.29) is 19.0 Å². The maximum absolute atomic E-state index is 11.9. The lowest BCUT2D eigenvalue weighted by molar-refractivity contribution is -0.140.